The number of para-hydroxylation sites is 2. The Hall–Kier alpha value is -7.42. The van der Waals surface area contributed by atoms with Crippen LogP contribution in [0.5, 0.6) is 0 Å². The lowest BCUT2D eigenvalue weighted by Gasteiger charge is -2.19. The Labute approximate surface area is 322 Å². The molecule has 0 saturated heterocycles. The van der Waals surface area contributed by atoms with Gasteiger partial charge in [-0.2, -0.15) is 0 Å². The van der Waals surface area contributed by atoms with E-state index in [2.05, 4.69) is 170 Å². The second kappa shape index (κ2) is 12.0. The standard InChI is InChI=1S/C54H32O2/c1-2-20-38-33(14-1)15-13-27-39(38)34-16-11-17-35(30-34)50-42-23-3-5-25-44(42)51(45-26-6-4-24-43(45)50)36-18-12-19-37(31-36)52-53-46(40-21-7-9-28-48(40)55-53)32-47-41-22-8-10-29-49(41)56-54(47)52/h1-32H. The molecule has 0 aliphatic rings. The van der Waals surface area contributed by atoms with Gasteiger partial charge in [0.15, 0.2) is 0 Å². The monoisotopic (exact) mass is 712 g/mol. The molecule has 56 heavy (non-hydrogen) atoms. The lowest BCUT2D eigenvalue weighted by atomic mass is 9.84. The van der Waals surface area contributed by atoms with Crippen molar-refractivity contribution in [1.82, 2.24) is 0 Å². The van der Waals surface area contributed by atoms with Crippen molar-refractivity contribution in [3.8, 4) is 44.5 Å². The summed E-state index contributed by atoms with van der Waals surface area (Å²) in [6.07, 6.45) is 0. The molecule has 0 atom stereocenters. The lowest BCUT2D eigenvalue weighted by molar-refractivity contribution is 0.658. The van der Waals surface area contributed by atoms with E-state index >= 15 is 0 Å². The van der Waals surface area contributed by atoms with Gasteiger partial charge in [0.1, 0.15) is 22.3 Å². The highest BCUT2D eigenvalue weighted by atomic mass is 16.3. The molecule has 2 heteroatoms. The zero-order valence-corrected chi connectivity index (χ0v) is 30.3. The maximum atomic E-state index is 6.70. The normalized spacial score (nSPS) is 11.9. The summed E-state index contributed by atoms with van der Waals surface area (Å²) in [6, 6.07) is 69.8. The maximum Gasteiger partial charge on any atom is 0.147 e. The summed E-state index contributed by atoms with van der Waals surface area (Å²) in [4.78, 5) is 0. The van der Waals surface area contributed by atoms with Crippen LogP contribution >= 0.6 is 0 Å². The number of benzene rings is 10. The van der Waals surface area contributed by atoms with Crippen LogP contribution in [-0.4, -0.2) is 0 Å². The molecule has 0 saturated carbocycles. The summed E-state index contributed by atoms with van der Waals surface area (Å²) in [5.41, 5.74) is 12.7. The molecule has 0 radical (unpaired) electrons. The SMILES string of the molecule is c1cc(-c2cccc3ccccc23)cc(-c2c3ccccc3c(-c3cccc(-c4c5oc6ccccc6c5cc5c4oc4ccccc45)c3)c3ccccc23)c1. The first-order chi connectivity index (χ1) is 27.8. The Kier molecular flexibility index (Phi) is 6.66. The van der Waals surface area contributed by atoms with Gasteiger partial charge in [-0.3, -0.25) is 0 Å². The van der Waals surface area contributed by atoms with Gasteiger partial charge in [-0.05, 0) is 102 Å². The van der Waals surface area contributed by atoms with E-state index < -0.39 is 0 Å². The summed E-state index contributed by atoms with van der Waals surface area (Å²) in [5, 5.41) is 11.8. The molecule has 0 unspecified atom stereocenters. The molecule has 10 aromatic carbocycles. The molecular formula is C54H32O2. The van der Waals surface area contributed by atoms with Crippen molar-refractivity contribution in [2.24, 2.45) is 0 Å². The van der Waals surface area contributed by atoms with Crippen molar-refractivity contribution in [3.63, 3.8) is 0 Å². The van der Waals surface area contributed by atoms with E-state index in [1.807, 2.05) is 24.3 Å². The fourth-order valence-corrected chi connectivity index (χ4v) is 9.20. The summed E-state index contributed by atoms with van der Waals surface area (Å²) < 4.78 is 13.4. The van der Waals surface area contributed by atoms with Gasteiger partial charge in [0.2, 0.25) is 0 Å². The summed E-state index contributed by atoms with van der Waals surface area (Å²) >= 11 is 0. The van der Waals surface area contributed by atoms with Gasteiger partial charge in [0.25, 0.3) is 0 Å². The van der Waals surface area contributed by atoms with E-state index in [1.165, 1.54) is 60.1 Å². The second-order valence-corrected chi connectivity index (χ2v) is 14.7. The molecule has 260 valence electrons. The van der Waals surface area contributed by atoms with Crippen LogP contribution in [0.15, 0.2) is 203 Å². The molecule has 2 nitrogen and oxygen atoms in total. The van der Waals surface area contributed by atoms with Crippen molar-refractivity contribution >= 4 is 76.2 Å². The van der Waals surface area contributed by atoms with Crippen LogP contribution < -0.4 is 0 Å². The fraction of sp³-hybridized carbons (Fsp3) is 0. The molecule has 12 aromatic rings. The van der Waals surface area contributed by atoms with Crippen molar-refractivity contribution < 1.29 is 8.83 Å². The van der Waals surface area contributed by atoms with Crippen LogP contribution in [0.25, 0.3) is 121 Å². The highest BCUT2D eigenvalue weighted by molar-refractivity contribution is 6.24. The average Bonchev–Trinajstić information content (AvgIpc) is 3.82. The minimum absolute atomic E-state index is 0.839. The van der Waals surface area contributed by atoms with E-state index in [-0.39, 0.29) is 0 Å². The molecule has 0 spiro atoms. The number of hydrogen-bond acceptors (Lipinski definition) is 2. The van der Waals surface area contributed by atoms with Crippen molar-refractivity contribution in [2.75, 3.05) is 0 Å². The number of rotatable bonds is 4. The topological polar surface area (TPSA) is 26.3 Å². The lowest BCUT2D eigenvalue weighted by Crippen LogP contribution is -1.92. The second-order valence-electron chi connectivity index (χ2n) is 14.7. The van der Waals surface area contributed by atoms with Crippen molar-refractivity contribution in [2.45, 2.75) is 0 Å². The Morgan fingerprint density at radius 1 is 0.250 bits per heavy atom. The predicted molar refractivity (Wildman–Crippen MR) is 235 cm³/mol. The molecule has 2 heterocycles. The number of fused-ring (bicyclic) bond motifs is 9. The fourth-order valence-electron chi connectivity index (χ4n) is 9.20. The van der Waals surface area contributed by atoms with Gasteiger partial charge in [-0.15, -0.1) is 0 Å². The third-order valence-electron chi connectivity index (χ3n) is 11.6. The minimum atomic E-state index is 0.839. The van der Waals surface area contributed by atoms with E-state index in [9.17, 15) is 0 Å². The van der Waals surface area contributed by atoms with E-state index in [1.54, 1.807) is 0 Å². The molecule has 0 aliphatic heterocycles. The minimum Gasteiger partial charge on any atom is -0.455 e. The van der Waals surface area contributed by atoms with Crippen LogP contribution in [0, 0.1) is 0 Å². The number of hydrogen-bond donors (Lipinski definition) is 0. The first-order valence-electron chi connectivity index (χ1n) is 19.2. The van der Waals surface area contributed by atoms with Gasteiger partial charge in [-0.25, -0.2) is 0 Å². The van der Waals surface area contributed by atoms with Crippen molar-refractivity contribution in [1.29, 1.82) is 0 Å². The van der Waals surface area contributed by atoms with E-state index in [0.717, 1.165) is 60.6 Å². The molecule has 0 fully saturated rings. The van der Waals surface area contributed by atoms with Crippen LogP contribution in [0.1, 0.15) is 0 Å². The molecule has 0 amide bonds. The Bertz CT molecular complexity index is 3390. The Morgan fingerprint density at radius 3 is 1.20 bits per heavy atom. The van der Waals surface area contributed by atoms with Crippen LogP contribution in [0.4, 0.5) is 0 Å². The summed E-state index contributed by atoms with van der Waals surface area (Å²) in [7, 11) is 0. The van der Waals surface area contributed by atoms with Gasteiger partial charge in [0, 0.05) is 21.5 Å². The third kappa shape index (κ3) is 4.57. The zero-order chi connectivity index (χ0) is 36.7. The van der Waals surface area contributed by atoms with E-state index in [0.29, 0.717) is 0 Å². The first-order valence-corrected chi connectivity index (χ1v) is 19.2. The van der Waals surface area contributed by atoms with Gasteiger partial charge in [-0.1, -0.05) is 164 Å². The molecular weight excluding hydrogens is 681 g/mol. The van der Waals surface area contributed by atoms with E-state index in [4.69, 9.17) is 8.83 Å². The smallest absolute Gasteiger partial charge is 0.147 e. The van der Waals surface area contributed by atoms with Crippen LogP contribution in [0.3, 0.4) is 0 Å². The average molecular weight is 713 g/mol. The van der Waals surface area contributed by atoms with Gasteiger partial charge >= 0.3 is 0 Å². The highest BCUT2D eigenvalue weighted by Crippen LogP contribution is 2.48. The molecule has 12 rings (SSSR count). The quantitative estimate of drug-likeness (QED) is 0.170. The van der Waals surface area contributed by atoms with Crippen molar-refractivity contribution in [3.05, 3.63) is 194 Å². The highest BCUT2D eigenvalue weighted by Gasteiger charge is 2.23. The maximum absolute atomic E-state index is 6.70. The predicted octanol–water partition coefficient (Wildman–Crippen LogP) is 15.6. The van der Waals surface area contributed by atoms with Gasteiger partial charge in [0.05, 0.1) is 5.56 Å². The summed E-state index contributed by atoms with van der Waals surface area (Å²) in [5.74, 6) is 0. The molecule has 0 bridgehead atoms. The molecule has 0 N–H and O–H groups in total. The number of furan rings is 2. The Balaban J connectivity index is 1.11. The van der Waals surface area contributed by atoms with Gasteiger partial charge < -0.3 is 8.83 Å². The first kappa shape index (κ1) is 31.0. The Morgan fingerprint density at radius 2 is 0.643 bits per heavy atom. The van der Waals surface area contributed by atoms with Crippen LogP contribution in [-0.2, 0) is 0 Å². The molecule has 0 aliphatic carbocycles. The van der Waals surface area contributed by atoms with Crippen LogP contribution in [0.2, 0.25) is 0 Å². The third-order valence-corrected chi connectivity index (χ3v) is 11.6. The largest absolute Gasteiger partial charge is 0.455 e. The molecule has 2 aromatic heterocycles. The summed E-state index contributed by atoms with van der Waals surface area (Å²) in [6.45, 7) is 0. The zero-order valence-electron chi connectivity index (χ0n) is 30.3.